The lowest BCUT2D eigenvalue weighted by atomic mass is 10.3. The van der Waals surface area contributed by atoms with Gasteiger partial charge in [0.15, 0.2) is 0 Å². The molecule has 0 heterocycles. The summed E-state index contributed by atoms with van der Waals surface area (Å²) in [5.74, 6) is 1.81. The number of amides is 1. The van der Waals surface area contributed by atoms with Crippen LogP contribution in [-0.4, -0.2) is 42.7 Å². The van der Waals surface area contributed by atoms with Gasteiger partial charge in [0, 0.05) is 6.54 Å². The van der Waals surface area contributed by atoms with E-state index in [1.54, 1.807) is 0 Å². The van der Waals surface area contributed by atoms with Crippen LogP contribution in [0.1, 0.15) is 6.92 Å². The van der Waals surface area contributed by atoms with E-state index in [2.05, 4.69) is 16.6 Å². The van der Waals surface area contributed by atoms with Crippen molar-refractivity contribution in [2.75, 3.05) is 13.1 Å². The van der Waals surface area contributed by atoms with E-state index in [1.165, 1.54) is 6.92 Å². The summed E-state index contributed by atoms with van der Waals surface area (Å²) in [6, 6.07) is -0.674. The molecule has 1 amide bonds. The summed E-state index contributed by atoms with van der Waals surface area (Å²) in [6.45, 7) is 1.23. The molecule has 0 saturated carbocycles. The van der Waals surface area contributed by atoms with Crippen molar-refractivity contribution in [2.45, 2.75) is 25.5 Å². The summed E-state index contributed by atoms with van der Waals surface area (Å²) in [7, 11) is 0. The summed E-state index contributed by atoms with van der Waals surface area (Å²) in [5, 5.41) is 13.6. The zero-order chi connectivity index (χ0) is 11.8. The van der Waals surface area contributed by atoms with Crippen molar-refractivity contribution >= 4 is 5.91 Å². The molecule has 15 heavy (non-hydrogen) atoms. The van der Waals surface area contributed by atoms with E-state index in [4.69, 9.17) is 11.5 Å². The van der Waals surface area contributed by atoms with E-state index in [9.17, 15) is 13.6 Å². The number of hydrogen-bond donors (Lipinski definition) is 3. The van der Waals surface area contributed by atoms with Crippen LogP contribution in [-0.2, 0) is 4.79 Å². The third kappa shape index (κ3) is 5.99. The second-order valence-corrected chi connectivity index (χ2v) is 2.95. The topological polar surface area (TPSA) is 61.4 Å². The standard InChI is InChI=1S/C9H14F2N2O2/c1-3-4-12-9(15)6(2)13-5-7(14)8(10)11/h1,6-8,13-14H,4-5H2,2H3,(H,12,15). The van der Waals surface area contributed by atoms with Crippen molar-refractivity contribution in [3.05, 3.63) is 0 Å². The number of carbonyl (C=O) groups is 1. The summed E-state index contributed by atoms with van der Waals surface area (Å²) in [4.78, 5) is 11.1. The lowest BCUT2D eigenvalue weighted by molar-refractivity contribution is -0.122. The predicted molar refractivity (Wildman–Crippen MR) is 51.3 cm³/mol. The van der Waals surface area contributed by atoms with Crippen molar-refractivity contribution in [3.8, 4) is 12.3 Å². The maximum Gasteiger partial charge on any atom is 0.265 e. The van der Waals surface area contributed by atoms with Crippen molar-refractivity contribution in [2.24, 2.45) is 0 Å². The molecule has 0 bridgehead atoms. The third-order valence-corrected chi connectivity index (χ3v) is 1.68. The van der Waals surface area contributed by atoms with Gasteiger partial charge in [-0.15, -0.1) is 6.42 Å². The molecule has 0 aromatic carbocycles. The van der Waals surface area contributed by atoms with Crippen LogP contribution in [0.2, 0.25) is 0 Å². The predicted octanol–water partition coefficient (Wildman–Crippen LogP) is -0.660. The number of hydrogen-bond acceptors (Lipinski definition) is 3. The molecule has 0 radical (unpaired) electrons. The Balaban J connectivity index is 3.78. The quantitative estimate of drug-likeness (QED) is 0.521. The molecule has 0 aromatic rings. The first-order chi connectivity index (χ1) is 6.99. The lowest BCUT2D eigenvalue weighted by Crippen LogP contribution is -2.46. The first kappa shape index (κ1) is 13.8. The zero-order valence-corrected chi connectivity index (χ0v) is 8.34. The van der Waals surface area contributed by atoms with E-state index < -0.39 is 24.5 Å². The van der Waals surface area contributed by atoms with Gasteiger partial charge in [0.1, 0.15) is 6.10 Å². The van der Waals surface area contributed by atoms with Crippen LogP contribution < -0.4 is 10.6 Å². The van der Waals surface area contributed by atoms with Crippen LogP contribution in [0.3, 0.4) is 0 Å². The lowest BCUT2D eigenvalue weighted by Gasteiger charge is -2.15. The highest BCUT2D eigenvalue weighted by Crippen LogP contribution is 1.98. The molecule has 0 aromatic heterocycles. The van der Waals surface area contributed by atoms with Gasteiger partial charge in [0.05, 0.1) is 12.6 Å². The Morgan fingerprint density at radius 2 is 2.20 bits per heavy atom. The van der Waals surface area contributed by atoms with Gasteiger partial charge in [0.2, 0.25) is 5.91 Å². The third-order valence-electron chi connectivity index (χ3n) is 1.68. The van der Waals surface area contributed by atoms with Crippen LogP contribution in [0.5, 0.6) is 0 Å². The number of halogens is 2. The van der Waals surface area contributed by atoms with Gasteiger partial charge in [0.25, 0.3) is 6.43 Å². The van der Waals surface area contributed by atoms with Crippen molar-refractivity contribution in [1.82, 2.24) is 10.6 Å². The monoisotopic (exact) mass is 220 g/mol. The highest BCUT2D eigenvalue weighted by Gasteiger charge is 2.19. The van der Waals surface area contributed by atoms with Crippen LogP contribution in [0.4, 0.5) is 8.78 Å². The number of rotatable bonds is 6. The molecule has 3 N–H and O–H groups in total. The average Bonchev–Trinajstić information content (AvgIpc) is 2.21. The van der Waals surface area contributed by atoms with E-state index in [-0.39, 0.29) is 13.1 Å². The fourth-order valence-electron chi connectivity index (χ4n) is 0.771. The van der Waals surface area contributed by atoms with Gasteiger partial charge < -0.3 is 15.7 Å². The van der Waals surface area contributed by atoms with Crippen LogP contribution >= 0.6 is 0 Å². The Bertz CT molecular complexity index is 241. The largest absolute Gasteiger partial charge is 0.386 e. The minimum Gasteiger partial charge on any atom is -0.386 e. The fraction of sp³-hybridized carbons (Fsp3) is 0.667. The first-order valence-electron chi connectivity index (χ1n) is 4.39. The van der Waals surface area contributed by atoms with Crippen LogP contribution in [0.15, 0.2) is 0 Å². The Labute approximate surface area is 87.0 Å². The number of aliphatic hydroxyl groups is 1. The molecule has 0 aliphatic rings. The molecule has 0 aliphatic carbocycles. The molecule has 2 atom stereocenters. The van der Waals surface area contributed by atoms with Gasteiger partial charge in [-0.05, 0) is 6.92 Å². The number of nitrogens with one attached hydrogen (secondary N) is 2. The molecule has 4 nitrogen and oxygen atoms in total. The minimum absolute atomic E-state index is 0.0856. The smallest absolute Gasteiger partial charge is 0.265 e. The molecule has 0 spiro atoms. The summed E-state index contributed by atoms with van der Waals surface area (Å²) < 4.78 is 23.7. The number of aliphatic hydroxyl groups excluding tert-OH is 1. The van der Waals surface area contributed by atoms with Gasteiger partial charge in [-0.25, -0.2) is 8.78 Å². The van der Waals surface area contributed by atoms with E-state index in [0.717, 1.165) is 0 Å². The molecular formula is C9H14F2N2O2. The molecular weight excluding hydrogens is 206 g/mol. The molecule has 0 rings (SSSR count). The average molecular weight is 220 g/mol. The van der Waals surface area contributed by atoms with Gasteiger partial charge in [-0.2, -0.15) is 0 Å². The molecule has 0 aliphatic heterocycles. The maximum absolute atomic E-state index is 11.9. The van der Waals surface area contributed by atoms with Crippen molar-refractivity contribution in [3.63, 3.8) is 0 Å². The summed E-state index contributed by atoms with van der Waals surface area (Å²) in [5.41, 5.74) is 0. The Kier molecular flexibility index (Phi) is 6.58. The second kappa shape index (κ2) is 7.15. The SMILES string of the molecule is C#CCNC(=O)C(C)NCC(O)C(F)F. The first-order valence-corrected chi connectivity index (χ1v) is 4.39. The number of alkyl halides is 2. The Morgan fingerprint density at radius 3 is 2.67 bits per heavy atom. The van der Waals surface area contributed by atoms with Crippen LogP contribution in [0.25, 0.3) is 0 Å². The highest BCUT2D eigenvalue weighted by molar-refractivity contribution is 5.81. The van der Waals surface area contributed by atoms with Gasteiger partial charge in [-0.3, -0.25) is 4.79 Å². The fourth-order valence-corrected chi connectivity index (χ4v) is 0.771. The molecule has 0 fully saturated rings. The maximum atomic E-state index is 11.9. The minimum atomic E-state index is -2.82. The van der Waals surface area contributed by atoms with Crippen molar-refractivity contribution < 1.29 is 18.7 Å². The normalized spacial score (nSPS) is 14.4. The Morgan fingerprint density at radius 1 is 1.60 bits per heavy atom. The number of carbonyl (C=O) groups excluding carboxylic acids is 1. The van der Waals surface area contributed by atoms with Crippen LogP contribution in [0, 0.1) is 12.3 Å². The molecule has 0 saturated heterocycles. The van der Waals surface area contributed by atoms with E-state index in [1.807, 2.05) is 0 Å². The van der Waals surface area contributed by atoms with Gasteiger partial charge >= 0.3 is 0 Å². The Hall–Kier alpha value is -1.19. The molecule has 6 heteroatoms. The van der Waals surface area contributed by atoms with Gasteiger partial charge in [-0.1, -0.05) is 5.92 Å². The van der Waals surface area contributed by atoms with E-state index in [0.29, 0.717) is 0 Å². The number of terminal acetylenes is 1. The second-order valence-electron chi connectivity index (χ2n) is 2.95. The summed E-state index contributed by atoms with van der Waals surface area (Å²) >= 11 is 0. The molecule has 86 valence electrons. The van der Waals surface area contributed by atoms with Crippen molar-refractivity contribution in [1.29, 1.82) is 0 Å². The zero-order valence-electron chi connectivity index (χ0n) is 8.34. The highest BCUT2D eigenvalue weighted by atomic mass is 19.3. The molecule has 2 unspecified atom stereocenters. The summed E-state index contributed by atoms with van der Waals surface area (Å²) in [6.07, 6.45) is 0.323. The van der Waals surface area contributed by atoms with E-state index >= 15 is 0 Å².